The Kier molecular flexibility index (Phi) is 9.55. The van der Waals surface area contributed by atoms with Gasteiger partial charge in [0.05, 0.1) is 34.6 Å². The Hall–Kier alpha value is -6.30. The van der Waals surface area contributed by atoms with Gasteiger partial charge in [-0.3, -0.25) is 9.78 Å². The number of pyridine rings is 1. The molecule has 0 radical (unpaired) electrons. The van der Waals surface area contributed by atoms with Gasteiger partial charge in [-0.25, -0.2) is 14.6 Å². The van der Waals surface area contributed by atoms with Gasteiger partial charge in [0.2, 0.25) is 0 Å². The van der Waals surface area contributed by atoms with E-state index in [2.05, 4.69) is 10.4 Å². The Morgan fingerprint density at radius 1 is 0.843 bits per heavy atom. The molecule has 0 spiro atoms. The van der Waals surface area contributed by atoms with Crippen LogP contribution in [0.4, 0.5) is 9.59 Å². The molecule has 258 valence electrons. The summed E-state index contributed by atoms with van der Waals surface area (Å²) in [5.74, 6) is 0.311. The molecule has 1 atom stereocenters. The largest absolute Gasteiger partial charge is 0.445 e. The molecule has 1 fully saturated rings. The van der Waals surface area contributed by atoms with Gasteiger partial charge in [0.1, 0.15) is 24.6 Å². The molecule has 1 unspecified atom stereocenters. The predicted octanol–water partition coefficient (Wildman–Crippen LogP) is 6.87. The molecule has 3 aromatic heterocycles. The van der Waals surface area contributed by atoms with Crippen molar-refractivity contribution in [3.05, 3.63) is 126 Å². The summed E-state index contributed by atoms with van der Waals surface area (Å²) >= 11 is 0. The molecule has 1 N–H and O–H groups in total. The maximum absolute atomic E-state index is 14.3. The van der Waals surface area contributed by atoms with E-state index in [1.54, 1.807) is 23.5 Å². The number of alkyl carbamates (subject to hydrolysis) is 1. The third kappa shape index (κ3) is 7.20. The number of fused-ring (bicyclic) bond motifs is 1. The van der Waals surface area contributed by atoms with Crippen molar-refractivity contribution in [2.75, 3.05) is 13.1 Å². The van der Waals surface area contributed by atoms with Crippen LogP contribution in [0.1, 0.15) is 47.8 Å². The van der Waals surface area contributed by atoms with E-state index < -0.39 is 12.2 Å². The Balaban J connectivity index is 1.17. The van der Waals surface area contributed by atoms with Crippen LogP contribution in [0, 0.1) is 0 Å². The third-order valence-electron chi connectivity index (χ3n) is 8.75. The molecule has 0 aliphatic carbocycles. The molecular formula is C39H37N7O5. The molecule has 12 heteroatoms. The van der Waals surface area contributed by atoms with E-state index in [0.29, 0.717) is 53.2 Å². The lowest BCUT2D eigenvalue weighted by molar-refractivity contribution is 0.0788. The lowest BCUT2D eigenvalue weighted by atomic mass is 10.1. The minimum absolute atomic E-state index is 0.110. The topological polar surface area (TPSA) is 133 Å². The summed E-state index contributed by atoms with van der Waals surface area (Å²) in [6.45, 7) is 5.06. The minimum atomic E-state index is -0.624. The molecule has 6 aromatic rings. The summed E-state index contributed by atoms with van der Waals surface area (Å²) in [5.41, 5.74) is 5.36. The first-order chi connectivity index (χ1) is 24.9. The van der Waals surface area contributed by atoms with Gasteiger partial charge in [-0.05, 0) is 31.4 Å². The number of hydrogen-bond acceptors (Lipinski definition) is 8. The van der Waals surface area contributed by atoms with Gasteiger partial charge >= 0.3 is 12.2 Å². The second kappa shape index (κ2) is 14.7. The summed E-state index contributed by atoms with van der Waals surface area (Å²) in [6, 6.07) is 28.2. The summed E-state index contributed by atoms with van der Waals surface area (Å²) in [5, 5.41) is 7.19. The van der Waals surface area contributed by atoms with Crippen molar-refractivity contribution >= 4 is 29.1 Å². The number of aromatic nitrogens is 5. The van der Waals surface area contributed by atoms with Crippen LogP contribution in [-0.2, 0) is 22.7 Å². The fraction of sp³-hybridized carbons (Fsp3) is 0.231. The minimum Gasteiger partial charge on any atom is -0.445 e. The van der Waals surface area contributed by atoms with Gasteiger partial charge in [-0.2, -0.15) is 9.78 Å². The van der Waals surface area contributed by atoms with Gasteiger partial charge in [-0.15, -0.1) is 0 Å². The second-order valence-electron chi connectivity index (χ2n) is 12.6. The summed E-state index contributed by atoms with van der Waals surface area (Å²) < 4.78 is 14.0. The number of hydrogen-bond donors (Lipinski definition) is 1. The highest BCUT2D eigenvalue weighted by Gasteiger charge is 2.32. The van der Waals surface area contributed by atoms with Crippen LogP contribution < -0.4 is 5.32 Å². The molecule has 1 saturated heterocycles. The zero-order valence-corrected chi connectivity index (χ0v) is 28.3. The molecule has 12 nitrogen and oxygen atoms in total. The maximum atomic E-state index is 14.3. The first kappa shape index (κ1) is 33.2. The highest BCUT2D eigenvalue weighted by molar-refractivity contribution is 6.08. The first-order valence-corrected chi connectivity index (χ1v) is 16.8. The van der Waals surface area contributed by atoms with Crippen molar-refractivity contribution in [3.63, 3.8) is 0 Å². The van der Waals surface area contributed by atoms with Crippen molar-refractivity contribution in [1.82, 2.24) is 34.5 Å². The Labute approximate surface area is 294 Å². The van der Waals surface area contributed by atoms with E-state index in [4.69, 9.17) is 19.4 Å². The number of likely N-dealkylation sites (tertiary alicyclic amines) is 1. The molecule has 0 bridgehead atoms. The van der Waals surface area contributed by atoms with Gasteiger partial charge in [-0.1, -0.05) is 91.0 Å². The number of amides is 2. The highest BCUT2D eigenvalue weighted by Crippen LogP contribution is 2.35. The zero-order chi connectivity index (χ0) is 35.3. The number of imidazole rings is 1. The van der Waals surface area contributed by atoms with Crippen molar-refractivity contribution in [2.24, 2.45) is 0 Å². The molecule has 0 saturated carbocycles. The molecular weight excluding hydrogens is 646 g/mol. The Morgan fingerprint density at radius 3 is 2.16 bits per heavy atom. The van der Waals surface area contributed by atoms with Crippen molar-refractivity contribution in [1.29, 1.82) is 0 Å². The van der Waals surface area contributed by atoms with E-state index in [1.165, 1.54) is 0 Å². The van der Waals surface area contributed by atoms with Gasteiger partial charge in [0.25, 0.3) is 5.91 Å². The van der Waals surface area contributed by atoms with Crippen LogP contribution in [-0.4, -0.2) is 66.4 Å². The normalized spacial score (nSPS) is 14.2. The van der Waals surface area contributed by atoms with Crippen LogP contribution in [0.15, 0.2) is 110 Å². The highest BCUT2D eigenvalue weighted by atomic mass is 16.6. The summed E-state index contributed by atoms with van der Waals surface area (Å²) in [6.07, 6.45) is 4.19. The SMILES string of the molecule is CC(C)n1c(-c2cnn(C(=O)OCc3ccccc3)c2)nc2c(-c3ccccc3)ncc(C(=O)N3CCC(NC(=O)OCc4ccccc4)C3)c21. The number of benzene rings is 3. The number of ether oxygens (including phenoxy) is 2. The molecule has 1 aliphatic rings. The molecule has 2 amide bonds. The number of nitrogens with zero attached hydrogens (tertiary/aromatic N) is 6. The van der Waals surface area contributed by atoms with Crippen LogP contribution >= 0.6 is 0 Å². The molecule has 51 heavy (non-hydrogen) atoms. The van der Waals surface area contributed by atoms with E-state index in [-0.39, 0.29) is 31.2 Å². The van der Waals surface area contributed by atoms with E-state index in [9.17, 15) is 14.4 Å². The van der Waals surface area contributed by atoms with Gasteiger partial charge in [0, 0.05) is 37.1 Å². The van der Waals surface area contributed by atoms with E-state index in [0.717, 1.165) is 21.4 Å². The smallest absolute Gasteiger partial charge is 0.435 e. The average Bonchev–Trinajstić information content (AvgIpc) is 3.93. The van der Waals surface area contributed by atoms with Crippen molar-refractivity contribution in [2.45, 2.75) is 45.6 Å². The molecule has 4 heterocycles. The number of carbonyl (C=O) groups is 3. The fourth-order valence-corrected chi connectivity index (χ4v) is 6.26. The third-order valence-corrected chi connectivity index (χ3v) is 8.75. The van der Waals surface area contributed by atoms with E-state index >= 15 is 0 Å². The maximum Gasteiger partial charge on any atom is 0.435 e. The number of rotatable bonds is 9. The van der Waals surface area contributed by atoms with Gasteiger partial charge < -0.3 is 24.3 Å². The van der Waals surface area contributed by atoms with Crippen LogP contribution in [0.2, 0.25) is 0 Å². The van der Waals surface area contributed by atoms with Crippen LogP contribution in [0.5, 0.6) is 0 Å². The quantitative estimate of drug-likeness (QED) is 0.175. The lowest BCUT2D eigenvalue weighted by Gasteiger charge is -2.20. The lowest BCUT2D eigenvalue weighted by Crippen LogP contribution is -2.38. The number of carbonyl (C=O) groups excluding carboxylic acids is 3. The summed E-state index contributed by atoms with van der Waals surface area (Å²) in [7, 11) is 0. The van der Waals surface area contributed by atoms with Gasteiger partial charge in [0.15, 0.2) is 0 Å². The van der Waals surface area contributed by atoms with Crippen molar-refractivity contribution < 1.29 is 23.9 Å². The molecule has 7 rings (SSSR count). The van der Waals surface area contributed by atoms with Crippen molar-refractivity contribution in [3.8, 4) is 22.6 Å². The monoisotopic (exact) mass is 683 g/mol. The predicted molar refractivity (Wildman–Crippen MR) is 191 cm³/mol. The molecule has 1 aliphatic heterocycles. The standard InChI is InChI=1S/C39H37N7O5/c1-26(2)46-35-32(37(47)44-19-18-31(23-44)42-38(48)50-24-27-12-6-3-7-13-27)21-40-33(29-16-10-5-11-17-29)34(35)43-36(46)30-20-41-45(22-30)39(49)51-25-28-14-8-4-9-15-28/h3-17,20-22,26,31H,18-19,23-25H2,1-2H3,(H,42,48). The van der Waals surface area contributed by atoms with E-state index in [1.807, 2.05) is 109 Å². The Bertz CT molecular complexity index is 2160. The fourth-order valence-electron chi connectivity index (χ4n) is 6.26. The number of nitrogens with one attached hydrogen (secondary N) is 1. The summed E-state index contributed by atoms with van der Waals surface area (Å²) in [4.78, 5) is 51.4. The average molecular weight is 684 g/mol. The van der Waals surface area contributed by atoms with Crippen LogP contribution in [0.25, 0.3) is 33.7 Å². The van der Waals surface area contributed by atoms with Crippen LogP contribution in [0.3, 0.4) is 0 Å². The molecule has 3 aromatic carbocycles. The zero-order valence-electron chi connectivity index (χ0n) is 28.3. The second-order valence-corrected chi connectivity index (χ2v) is 12.6. The Morgan fingerprint density at radius 2 is 1.49 bits per heavy atom. The first-order valence-electron chi connectivity index (χ1n) is 16.8.